The standard InChI is InChI=1S/C11H15NO/c1-13-11(7-8-12-9-11)10-5-3-2-4-6-10/h2-6,12H,7-9H2,1H3. The molecule has 0 spiro atoms. The fourth-order valence-electron chi connectivity index (χ4n) is 1.95. The number of ether oxygens (including phenoxy) is 1. The molecule has 1 atom stereocenters. The van der Waals surface area contributed by atoms with Gasteiger partial charge in [-0.15, -0.1) is 0 Å². The van der Waals surface area contributed by atoms with Crippen LogP contribution in [-0.2, 0) is 10.3 Å². The molecule has 1 heterocycles. The zero-order valence-corrected chi connectivity index (χ0v) is 7.92. The summed E-state index contributed by atoms with van der Waals surface area (Å²) in [7, 11) is 1.79. The fourth-order valence-corrected chi connectivity index (χ4v) is 1.95. The van der Waals surface area contributed by atoms with Gasteiger partial charge in [-0.1, -0.05) is 30.3 Å². The van der Waals surface area contributed by atoms with Crippen LogP contribution in [0.2, 0.25) is 0 Å². The second-order valence-electron chi connectivity index (χ2n) is 3.49. The van der Waals surface area contributed by atoms with Crippen molar-refractivity contribution in [3.8, 4) is 0 Å². The Bertz CT molecular complexity index is 265. The summed E-state index contributed by atoms with van der Waals surface area (Å²) in [5.41, 5.74) is 1.20. The van der Waals surface area contributed by atoms with Gasteiger partial charge in [0, 0.05) is 13.7 Å². The normalized spacial score (nSPS) is 27.8. The Labute approximate surface area is 78.9 Å². The lowest BCUT2D eigenvalue weighted by molar-refractivity contribution is 0.00325. The van der Waals surface area contributed by atoms with Crippen molar-refractivity contribution in [2.75, 3.05) is 20.2 Å². The lowest BCUT2D eigenvalue weighted by Crippen LogP contribution is -2.30. The van der Waals surface area contributed by atoms with Gasteiger partial charge in [-0.3, -0.25) is 0 Å². The van der Waals surface area contributed by atoms with Gasteiger partial charge in [0.05, 0.1) is 0 Å². The summed E-state index contributed by atoms with van der Waals surface area (Å²) in [6, 6.07) is 10.4. The molecule has 2 nitrogen and oxygen atoms in total. The van der Waals surface area contributed by atoms with Crippen molar-refractivity contribution in [3.63, 3.8) is 0 Å². The molecule has 1 N–H and O–H groups in total. The van der Waals surface area contributed by atoms with Crippen LogP contribution in [0.25, 0.3) is 0 Å². The smallest absolute Gasteiger partial charge is 0.106 e. The molecule has 0 amide bonds. The molecule has 2 heteroatoms. The Morgan fingerprint density at radius 1 is 1.31 bits per heavy atom. The molecule has 1 unspecified atom stereocenters. The molecule has 0 saturated carbocycles. The molecule has 0 radical (unpaired) electrons. The first-order valence-corrected chi connectivity index (χ1v) is 4.69. The van der Waals surface area contributed by atoms with Gasteiger partial charge in [0.15, 0.2) is 0 Å². The highest BCUT2D eigenvalue weighted by Crippen LogP contribution is 2.30. The number of methoxy groups -OCH3 is 1. The number of hydrogen-bond acceptors (Lipinski definition) is 2. The van der Waals surface area contributed by atoms with E-state index < -0.39 is 0 Å². The second-order valence-corrected chi connectivity index (χ2v) is 3.49. The highest BCUT2D eigenvalue weighted by Gasteiger charge is 2.35. The summed E-state index contributed by atoms with van der Waals surface area (Å²) in [6.07, 6.45) is 1.06. The molecule has 0 aliphatic carbocycles. The third kappa shape index (κ3) is 1.47. The van der Waals surface area contributed by atoms with Gasteiger partial charge in [-0.25, -0.2) is 0 Å². The molecule has 1 saturated heterocycles. The van der Waals surface area contributed by atoms with Gasteiger partial charge in [0.25, 0.3) is 0 Å². The van der Waals surface area contributed by atoms with Crippen LogP contribution in [0.15, 0.2) is 30.3 Å². The van der Waals surface area contributed by atoms with E-state index in [4.69, 9.17) is 4.74 Å². The molecule has 1 aliphatic heterocycles. The van der Waals surface area contributed by atoms with Crippen LogP contribution in [0.5, 0.6) is 0 Å². The van der Waals surface area contributed by atoms with Gasteiger partial charge in [0.1, 0.15) is 5.60 Å². The topological polar surface area (TPSA) is 21.3 Å². The van der Waals surface area contributed by atoms with Gasteiger partial charge in [0.2, 0.25) is 0 Å². The Hall–Kier alpha value is -0.860. The van der Waals surface area contributed by atoms with Gasteiger partial charge < -0.3 is 10.1 Å². The predicted octanol–water partition coefficient (Wildman–Crippen LogP) is 1.52. The number of nitrogens with one attached hydrogen (secondary N) is 1. The minimum atomic E-state index is -0.0821. The van der Waals surface area contributed by atoms with E-state index in [1.807, 2.05) is 6.07 Å². The SMILES string of the molecule is COC1(c2ccccc2)CCNC1. The molecule has 1 fully saturated rings. The third-order valence-corrected chi connectivity index (χ3v) is 2.81. The lowest BCUT2D eigenvalue weighted by Gasteiger charge is -2.26. The highest BCUT2D eigenvalue weighted by molar-refractivity contribution is 5.24. The van der Waals surface area contributed by atoms with Crippen molar-refractivity contribution < 1.29 is 4.74 Å². The van der Waals surface area contributed by atoms with E-state index in [0.29, 0.717) is 0 Å². The second kappa shape index (κ2) is 3.48. The molecule has 1 aromatic rings. The first-order valence-electron chi connectivity index (χ1n) is 4.69. The monoisotopic (exact) mass is 177 g/mol. The Balaban J connectivity index is 2.31. The maximum Gasteiger partial charge on any atom is 0.106 e. The van der Waals surface area contributed by atoms with Gasteiger partial charge in [-0.2, -0.15) is 0 Å². The van der Waals surface area contributed by atoms with Crippen LogP contribution in [-0.4, -0.2) is 20.2 Å². The molecule has 1 aromatic carbocycles. The summed E-state index contributed by atoms with van der Waals surface area (Å²) in [6.45, 7) is 1.97. The molecule has 13 heavy (non-hydrogen) atoms. The number of benzene rings is 1. The van der Waals surface area contributed by atoms with Gasteiger partial charge >= 0.3 is 0 Å². The summed E-state index contributed by atoms with van der Waals surface area (Å²) in [5, 5.41) is 3.34. The number of hydrogen-bond donors (Lipinski definition) is 1. The van der Waals surface area contributed by atoms with E-state index in [2.05, 4.69) is 29.6 Å². The molecule has 1 aliphatic rings. The average Bonchev–Trinajstić information content (AvgIpc) is 2.69. The largest absolute Gasteiger partial charge is 0.372 e. The predicted molar refractivity (Wildman–Crippen MR) is 52.6 cm³/mol. The molecule has 2 rings (SSSR count). The minimum absolute atomic E-state index is 0.0821. The Morgan fingerprint density at radius 2 is 2.08 bits per heavy atom. The van der Waals surface area contributed by atoms with E-state index in [1.165, 1.54) is 5.56 Å². The quantitative estimate of drug-likeness (QED) is 0.739. The van der Waals surface area contributed by atoms with Gasteiger partial charge in [-0.05, 0) is 18.5 Å². The lowest BCUT2D eigenvalue weighted by atomic mass is 9.93. The van der Waals surface area contributed by atoms with Crippen LogP contribution in [0, 0.1) is 0 Å². The molecular formula is C11H15NO. The van der Waals surface area contributed by atoms with E-state index in [9.17, 15) is 0 Å². The van der Waals surface area contributed by atoms with Crippen LogP contribution in [0.4, 0.5) is 0 Å². The molecular weight excluding hydrogens is 162 g/mol. The molecule has 0 bridgehead atoms. The zero-order valence-electron chi connectivity index (χ0n) is 7.92. The zero-order chi connectivity index (χ0) is 9.15. The van der Waals surface area contributed by atoms with Crippen LogP contribution in [0.3, 0.4) is 0 Å². The first kappa shape index (κ1) is 8.73. The summed E-state index contributed by atoms with van der Waals surface area (Å²) >= 11 is 0. The van der Waals surface area contributed by atoms with Crippen LogP contribution >= 0.6 is 0 Å². The summed E-state index contributed by atoms with van der Waals surface area (Å²) < 4.78 is 5.62. The maximum atomic E-state index is 5.62. The van der Waals surface area contributed by atoms with Crippen LogP contribution < -0.4 is 5.32 Å². The van der Waals surface area contributed by atoms with Crippen molar-refractivity contribution in [2.24, 2.45) is 0 Å². The van der Waals surface area contributed by atoms with Crippen molar-refractivity contribution in [2.45, 2.75) is 12.0 Å². The molecule has 0 aromatic heterocycles. The van der Waals surface area contributed by atoms with Crippen molar-refractivity contribution in [3.05, 3.63) is 35.9 Å². The highest BCUT2D eigenvalue weighted by atomic mass is 16.5. The van der Waals surface area contributed by atoms with E-state index in [1.54, 1.807) is 7.11 Å². The van der Waals surface area contributed by atoms with Crippen molar-refractivity contribution >= 4 is 0 Å². The Morgan fingerprint density at radius 3 is 2.62 bits per heavy atom. The van der Waals surface area contributed by atoms with E-state index >= 15 is 0 Å². The fraction of sp³-hybridized carbons (Fsp3) is 0.455. The van der Waals surface area contributed by atoms with Crippen LogP contribution in [0.1, 0.15) is 12.0 Å². The Kier molecular flexibility index (Phi) is 2.34. The third-order valence-electron chi connectivity index (χ3n) is 2.81. The van der Waals surface area contributed by atoms with E-state index in [-0.39, 0.29) is 5.60 Å². The van der Waals surface area contributed by atoms with Crippen molar-refractivity contribution in [1.82, 2.24) is 5.32 Å². The molecule has 70 valence electrons. The summed E-state index contributed by atoms with van der Waals surface area (Å²) in [4.78, 5) is 0. The average molecular weight is 177 g/mol. The minimum Gasteiger partial charge on any atom is -0.372 e. The first-order chi connectivity index (χ1) is 6.37. The maximum absolute atomic E-state index is 5.62. The van der Waals surface area contributed by atoms with Crippen molar-refractivity contribution in [1.29, 1.82) is 0 Å². The van der Waals surface area contributed by atoms with E-state index in [0.717, 1.165) is 19.5 Å². The summed E-state index contributed by atoms with van der Waals surface area (Å²) in [5.74, 6) is 0. The number of rotatable bonds is 2.